The van der Waals surface area contributed by atoms with Crippen molar-refractivity contribution in [3.63, 3.8) is 0 Å². The molecule has 2 aromatic heterocycles. The van der Waals surface area contributed by atoms with Gasteiger partial charge < -0.3 is 19.5 Å². The van der Waals surface area contributed by atoms with Gasteiger partial charge in [0.25, 0.3) is 0 Å². The summed E-state index contributed by atoms with van der Waals surface area (Å²) in [5, 5.41) is 3.31. The Labute approximate surface area is 124 Å². The summed E-state index contributed by atoms with van der Waals surface area (Å²) in [7, 11) is 4.82. The van der Waals surface area contributed by atoms with E-state index in [0.717, 1.165) is 11.3 Å². The summed E-state index contributed by atoms with van der Waals surface area (Å²) >= 11 is 0. The summed E-state index contributed by atoms with van der Waals surface area (Å²) in [4.78, 5) is 8.39. The number of hydrogen-bond acceptors (Lipinski definition) is 6. The number of methoxy groups -OCH3 is 3. The zero-order chi connectivity index (χ0) is 15.1. The van der Waals surface area contributed by atoms with Gasteiger partial charge in [0.2, 0.25) is 5.88 Å². The molecule has 0 aliphatic heterocycles. The molecule has 0 bridgehead atoms. The third kappa shape index (κ3) is 3.82. The summed E-state index contributed by atoms with van der Waals surface area (Å²) in [6, 6.07) is 5.60. The highest BCUT2D eigenvalue weighted by Crippen LogP contribution is 2.28. The van der Waals surface area contributed by atoms with Crippen LogP contribution in [0.4, 0.5) is 0 Å². The van der Waals surface area contributed by atoms with Gasteiger partial charge in [-0.2, -0.15) is 0 Å². The Morgan fingerprint density at radius 3 is 2.48 bits per heavy atom. The van der Waals surface area contributed by atoms with Gasteiger partial charge in [0.05, 0.1) is 27.0 Å². The van der Waals surface area contributed by atoms with Gasteiger partial charge >= 0.3 is 0 Å². The quantitative estimate of drug-likeness (QED) is 0.838. The Kier molecular flexibility index (Phi) is 5.34. The van der Waals surface area contributed by atoms with Gasteiger partial charge in [-0.1, -0.05) is 0 Å². The van der Waals surface area contributed by atoms with Gasteiger partial charge in [0, 0.05) is 37.6 Å². The Bertz CT molecular complexity index is 590. The van der Waals surface area contributed by atoms with Gasteiger partial charge in [0.15, 0.2) is 11.5 Å². The van der Waals surface area contributed by atoms with E-state index in [-0.39, 0.29) is 0 Å². The van der Waals surface area contributed by atoms with Gasteiger partial charge in [0.1, 0.15) is 0 Å². The minimum atomic E-state index is 0.574. The number of aromatic nitrogens is 2. The average Bonchev–Trinajstić information content (AvgIpc) is 2.54. The molecule has 0 saturated heterocycles. The maximum atomic E-state index is 5.35. The second kappa shape index (κ2) is 7.44. The van der Waals surface area contributed by atoms with Crippen molar-refractivity contribution in [3.05, 3.63) is 41.9 Å². The molecule has 0 atom stereocenters. The lowest BCUT2D eigenvalue weighted by molar-refractivity contribution is 0.348. The van der Waals surface area contributed by atoms with E-state index in [2.05, 4.69) is 15.3 Å². The smallest absolute Gasteiger partial charge is 0.213 e. The van der Waals surface area contributed by atoms with Gasteiger partial charge in [-0.3, -0.25) is 4.98 Å². The van der Waals surface area contributed by atoms with Crippen LogP contribution in [-0.2, 0) is 13.1 Å². The Morgan fingerprint density at radius 2 is 1.76 bits per heavy atom. The van der Waals surface area contributed by atoms with E-state index in [4.69, 9.17) is 14.2 Å². The van der Waals surface area contributed by atoms with Crippen LogP contribution >= 0.6 is 0 Å². The minimum absolute atomic E-state index is 0.574. The second-order valence-electron chi connectivity index (χ2n) is 4.30. The number of hydrogen-bond donors (Lipinski definition) is 1. The fourth-order valence-electron chi connectivity index (χ4n) is 1.97. The van der Waals surface area contributed by atoms with E-state index in [1.807, 2.05) is 12.1 Å². The molecule has 0 amide bonds. The number of pyridine rings is 2. The van der Waals surface area contributed by atoms with Crippen molar-refractivity contribution in [2.24, 2.45) is 0 Å². The first-order chi connectivity index (χ1) is 10.3. The van der Waals surface area contributed by atoms with Gasteiger partial charge in [-0.25, -0.2) is 4.98 Å². The fraction of sp³-hybridized carbons (Fsp3) is 0.333. The zero-order valence-electron chi connectivity index (χ0n) is 12.4. The lowest BCUT2D eigenvalue weighted by Gasteiger charge is -2.12. The molecule has 0 aliphatic carbocycles. The molecular formula is C15H19N3O3. The first kappa shape index (κ1) is 15.1. The molecule has 0 aromatic carbocycles. The zero-order valence-corrected chi connectivity index (χ0v) is 12.4. The summed E-state index contributed by atoms with van der Waals surface area (Å²) in [6.07, 6.45) is 3.42. The van der Waals surface area contributed by atoms with E-state index >= 15 is 0 Å². The number of nitrogens with zero attached hydrogens (tertiary/aromatic N) is 2. The van der Waals surface area contributed by atoms with Crippen LogP contribution in [0.3, 0.4) is 0 Å². The monoisotopic (exact) mass is 289 g/mol. The van der Waals surface area contributed by atoms with Crippen molar-refractivity contribution >= 4 is 0 Å². The van der Waals surface area contributed by atoms with Crippen LogP contribution in [0.1, 0.15) is 11.3 Å². The molecule has 2 heterocycles. The molecular weight excluding hydrogens is 270 g/mol. The van der Waals surface area contributed by atoms with E-state index in [1.54, 1.807) is 39.8 Å². The van der Waals surface area contributed by atoms with Crippen molar-refractivity contribution in [1.82, 2.24) is 15.3 Å². The predicted molar refractivity (Wildman–Crippen MR) is 78.7 cm³/mol. The SMILES string of the molecule is COc1cc(CNCc2nccc(OC)c2OC)ccn1. The van der Waals surface area contributed by atoms with Crippen LogP contribution in [0.5, 0.6) is 17.4 Å². The summed E-state index contributed by atoms with van der Waals surface area (Å²) in [5.41, 5.74) is 1.89. The molecule has 0 aliphatic rings. The molecule has 0 fully saturated rings. The maximum Gasteiger partial charge on any atom is 0.213 e. The predicted octanol–water partition coefficient (Wildman–Crippen LogP) is 1.79. The lowest BCUT2D eigenvalue weighted by atomic mass is 10.2. The highest BCUT2D eigenvalue weighted by Gasteiger charge is 2.10. The van der Waals surface area contributed by atoms with Gasteiger partial charge in [-0.15, -0.1) is 0 Å². The molecule has 6 nitrogen and oxygen atoms in total. The van der Waals surface area contributed by atoms with Crippen molar-refractivity contribution < 1.29 is 14.2 Å². The number of ether oxygens (including phenoxy) is 3. The number of rotatable bonds is 7. The third-order valence-electron chi connectivity index (χ3n) is 3.00. The molecule has 0 unspecified atom stereocenters. The maximum absolute atomic E-state index is 5.35. The summed E-state index contributed by atoms with van der Waals surface area (Å²) < 4.78 is 15.7. The van der Waals surface area contributed by atoms with Crippen LogP contribution in [0.25, 0.3) is 0 Å². The van der Waals surface area contributed by atoms with Crippen LogP contribution < -0.4 is 19.5 Å². The first-order valence-electron chi connectivity index (χ1n) is 6.54. The minimum Gasteiger partial charge on any atom is -0.493 e. The highest BCUT2D eigenvalue weighted by atomic mass is 16.5. The molecule has 0 saturated carbocycles. The van der Waals surface area contributed by atoms with Crippen molar-refractivity contribution in [3.8, 4) is 17.4 Å². The third-order valence-corrected chi connectivity index (χ3v) is 3.00. The lowest BCUT2D eigenvalue weighted by Crippen LogP contribution is -2.15. The molecule has 112 valence electrons. The summed E-state index contributed by atoms with van der Waals surface area (Å²) in [6.45, 7) is 1.26. The second-order valence-corrected chi connectivity index (χ2v) is 4.30. The molecule has 21 heavy (non-hydrogen) atoms. The van der Waals surface area contributed by atoms with Crippen molar-refractivity contribution in [1.29, 1.82) is 0 Å². The Morgan fingerprint density at radius 1 is 0.952 bits per heavy atom. The standard InChI is InChI=1S/C15H19N3O3/c1-19-13-5-7-17-12(15(13)21-3)10-16-9-11-4-6-18-14(8-11)20-2/h4-8,16H,9-10H2,1-3H3. The molecule has 2 aromatic rings. The largest absolute Gasteiger partial charge is 0.493 e. The molecule has 6 heteroatoms. The highest BCUT2D eigenvalue weighted by molar-refractivity contribution is 5.42. The van der Waals surface area contributed by atoms with E-state index in [9.17, 15) is 0 Å². The van der Waals surface area contributed by atoms with Crippen LogP contribution in [0.15, 0.2) is 30.6 Å². The molecule has 0 radical (unpaired) electrons. The topological polar surface area (TPSA) is 65.5 Å². The van der Waals surface area contributed by atoms with Crippen molar-refractivity contribution in [2.45, 2.75) is 13.1 Å². The van der Waals surface area contributed by atoms with Crippen LogP contribution in [0, 0.1) is 0 Å². The van der Waals surface area contributed by atoms with Crippen molar-refractivity contribution in [2.75, 3.05) is 21.3 Å². The summed E-state index contributed by atoms with van der Waals surface area (Å²) in [5.74, 6) is 1.93. The van der Waals surface area contributed by atoms with Crippen LogP contribution in [-0.4, -0.2) is 31.3 Å². The van der Waals surface area contributed by atoms with E-state index < -0.39 is 0 Å². The Hall–Kier alpha value is -2.34. The molecule has 2 rings (SSSR count). The van der Waals surface area contributed by atoms with Gasteiger partial charge in [-0.05, 0) is 11.6 Å². The van der Waals surface area contributed by atoms with E-state index in [0.29, 0.717) is 30.5 Å². The Balaban J connectivity index is 2.00. The normalized spacial score (nSPS) is 10.2. The van der Waals surface area contributed by atoms with E-state index in [1.165, 1.54) is 0 Å². The molecule has 0 spiro atoms. The molecule has 1 N–H and O–H groups in total. The number of nitrogens with one attached hydrogen (secondary N) is 1. The first-order valence-corrected chi connectivity index (χ1v) is 6.54. The fourth-order valence-corrected chi connectivity index (χ4v) is 1.97. The average molecular weight is 289 g/mol. The van der Waals surface area contributed by atoms with Crippen LogP contribution in [0.2, 0.25) is 0 Å².